The van der Waals surface area contributed by atoms with Crippen LogP contribution in [-0.4, -0.2) is 13.4 Å². The molecule has 1 heterocycles. The summed E-state index contributed by atoms with van der Waals surface area (Å²) >= 11 is 5.57. The van der Waals surface area contributed by atoms with E-state index in [1.807, 2.05) is 0 Å². The van der Waals surface area contributed by atoms with Crippen LogP contribution < -0.4 is 4.74 Å². The third-order valence-corrected chi connectivity index (χ3v) is 4.45. The lowest BCUT2D eigenvalue weighted by Crippen LogP contribution is -2.09. The number of ether oxygens (including phenoxy) is 1. The average Bonchev–Trinajstić information content (AvgIpc) is 2.38. The molecule has 0 radical (unpaired) electrons. The van der Waals surface area contributed by atoms with Crippen molar-refractivity contribution in [1.29, 1.82) is 0 Å². The summed E-state index contributed by atoms with van der Waals surface area (Å²) < 4.78 is 66.7. The van der Waals surface area contributed by atoms with E-state index in [0.29, 0.717) is 0 Å². The summed E-state index contributed by atoms with van der Waals surface area (Å²) in [5, 5.41) is -0.555. The molecule has 2 aromatic rings. The minimum Gasteiger partial charge on any atom is -0.438 e. The summed E-state index contributed by atoms with van der Waals surface area (Å²) in [6.07, 6.45) is -3.69. The summed E-state index contributed by atoms with van der Waals surface area (Å²) in [6, 6.07) is 4.47. The zero-order valence-corrected chi connectivity index (χ0v) is 13.7. The molecule has 10 heteroatoms. The molecule has 23 heavy (non-hydrogen) atoms. The number of nitrogens with zero attached hydrogens (tertiary/aromatic N) is 1. The first-order valence-electron chi connectivity index (χ1n) is 5.95. The smallest absolute Gasteiger partial charge is 0.423 e. The van der Waals surface area contributed by atoms with Gasteiger partial charge in [0.25, 0.3) is 9.05 Å². The Morgan fingerprint density at radius 2 is 1.87 bits per heavy atom. The van der Waals surface area contributed by atoms with Crippen LogP contribution in [0.2, 0.25) is 5.02 Å². The Morgan fingerprint density at radius 1 is 1.22 bits per heavy atom. The number of hydrogen-bond donors (Lipinski definition) is 0. The molecule has 0 bridgehead atoms. The maximum Gasteiger partial charge on any atom is 0.423 e. The second kappa shape index (κ2) is 6.18. The quantitative estimate of drug-likeness (QED) is 0.713. The van der Waals surface area contributed by atoms with E-state index >= 15 is 0 Å². The van der Waals surface area contributed by atoms with Crippen molar-refractivity contribution in [3.05, 3.63) is 46.6 Å². The molecular weight excluding hydrogens is 378 g/mol. The average molecular weight is 386 g/mol. The van der Waals surface area contributed by atoms with E-state index in [4.69, 9.17) is 27.0 Å². The van der Waals surface area contributed by atoms with Crippen molar-refractivity contribution < 1.29 is 26.3 Å². The molecule has 1 aromatic heterocycles. The lowest BCUT2D eigenvalue weighted by molar-refractivity contribution is -0.138. The maximum atomic E-state index is 13.0. The molecule has 1 aromatic carbocycles. The lowest BCUT2D eigenvalue weighted by atomic mass is 10.2. The first-order valence-corrected chi connectivity index (χ1v) is 8.64. The van der Waals surface area contributed by atoms with Gasteiger partial charge < -0.3 is 4.74 Å². The predicted octanol–water partition coefficient (Wildman–Crippen LogP) is 4.78. The molecule has 0 saturated carbocycles. The fourth-order valence-electron chi connectivity index (χ4n) is 1.75. The minimum atomic E-state index is -4.76. The number of alkyl halides is 3. The monoisotopic (exact) mass is 385 g/mol. The van der Waals surface area contributed by atoms with Gasteiger partial charge >= 0.3 is 6.18 Å². The first kappa shape index (κ1) is 17.8. The summed E-state index contributed by atoms with van der Waals surface area (Å²) in [4.78, 5) is 3.35. The maximum absolute atomic E-state index is 13.0. The predicted molar refractivity (Wildman–Crippen MR) is 78.5 cm³/mol. The third kappa shape index (κ3) is 4.07. The molecule has 0 fully saturated rings. The van der Waals surface area contributed by atoms with E-state index in [9.17, 15) is 21.6 Å². The van der Waals surface area contributed by atoms with Gasteiger partial charge in [-0.1, -0.05) is 11.6 Å². The number of hydrogen-bond acceptors (Lipinski definition) is 4. The van der Waals surface area contributed by atoms with Crippen molar-refractivity contribution in [3.63, 3.8) is 0 Å². The lowest BCUT2D eigenvalue weighted by Gasteiger charge is -2.15. The van der Waals surface area contributed by atoms with Gasteiger partial charge in [0.1, 0.15) is 11.3 Å². The molecule has 0 atom stereocenters. The van der Waals surface area contributed by atoms with Gasteiger partial charge in [0.05, 0.1) is 9.92 Å². The molecule has 0 amide bonds. The summed E-state index contributed by atoms with van der Waals surface area (Å²) in [7, 11) is 1.25. The SMILES string of the molecule is Cc1cc(S(=O)(=O)Cl)ccc1Oc1nccc(Cl)c1C(F)(F)F. The Kier molecular flexibility index (Phi) is 4.79. The van der Waals surface area contributed by atoms with E-state index in [2.05, 4.69) is 4.98 Å². The van der Waals surface area contributed by atoms with Crippen LogP contribution in [0.5, 0.6) is 11.6 Å². The molecule has 2 rings (SSSR count). The zero-order chi connectivity index (χ0) is 17.4. The molecule has 0 saturated heterocycles. The minimum absolute atomic E-state index is 0.00525. The van der Waals surface area contributed by atoms with Crippen molar-refractivity contribution in [2.45, 2.75) is 18.0 Å². The zero-order valence-electron chi connectivity index (χ0n) is 11.4. The molecule has 124 valence electrons. The van der Waals surface area contributed by atoms with E-state index in [-0.39, 0.29) is 16.2 Å². The highest BCUT2D eigenvalue weighted by molar-refractivity contribution is 8.13. The van der Waals surface area contributed by atoms with Gasteiger partial charge in [-0.25, -0.2) is 13.4 Å². The molecular formula is C13H8Cl2F3NO3S. The van der Waals surface area contributed by atoms with Gasteiger partial charge in [-0.3, -0.25) is 0 Å². The highest BCUT2D eigenvalue weighted by Gasteiger charge is 2.38. The fourth-order valence-corrected chi connectivity index (χ4v) is 2.83. The Labute approximate surface area is 139 Å². The van der Waals surface area contributed by atoms with E-state index in [1.54, 1.807) is 0 Å². The van der Waals surface area contributed by atoms with Crippen molar-refractivity contribution in [1.82, 2.24) is 4.98 Å². The third-order valence-electron chi connectivity index (χ3n) is 2.78. The van der Waals surface area contributed by atoms with Crippen LogP contribution in [0.25, 0.3) is 0 Å². The standard InChI is InChI=1S/C13H8Cl2F3NO3S/c1-7-6-8(23(15,20)21)2-3-10(7)22-12-11(13(16,17)18)9(14)4-5-19-12/h2-6H,1H3. The van der Waals surface area contributed by atoms with Crippen LogP contribution in [-0.2, 0) is 15.2 Å². The van der Waals surface area contributed by atoms with Crippen LogP contribution >= 0.6 is 22.3 Å². The van der Waals surface area contributed by atoms with Gasteiger partial charge in [0.15, 0.2) is 0 Å². The topological polar surface area (TPSA) is 56.3 Å². The van der Waals surface area contributed by atoms with Crippen LogP contribution in [0, 0.1) is 6.92 Å². The molecule has 0 aliphatic rings. The first-order chi connectivity index (χ1) is 10.5. The Bertz CT molecular complexity index is 854. The summed E-state index contributed by atoms with van der Waals surface area (Å²) in [6.45, 7) is 1.46. The van der Waals surface area contributed by atoms with Crippen LogP contribution in [0.15, 0.2) is 35.4 Å². The second-order valence-corrected chi connectivity index (χ2v) is 7.41. The largest absolute Gasteiger partial charge is 0.438 e. The second-order valence-electron chi connectivity index (χ2n) is 4.44. The molecule has 0 spiro atoms. The van der Waals surface area contributed by atoms with E-state index in [0.717, 1.165) is 18.3 Å². The van der Waals surface area contributed by atoms with Gasteiger partial charge in [0.2, 0.25) is 5.88 Å². The Morgan fingerprint density at radius 3 is 2.39 bits per heavy atom. The molecule has 0 aliphatic heterocycles. The Hall–Kier alpha value is -1.51. The van der Waals surface area contributed by atoms with Gasteiger partial charge in [-0.05, 0) is 36.8 Å². The molecule has 0 aliphatic carbocycles. The van der Waals surface area contributed by atoms with Crippen LogP contribution in [0.4, 0.5) is 13.2 Å². The number of pyridine rings is 1. The van der Waals surface area contributed by atoms with Crippen LogP contribution in [0.3, 0.4) is 0 Å². The summed E-state index contributed by atoms with van der Waals surface area (Å²) in [5.41, 5.74) is -0.947. The van der Waals surface area contributed by atoms with Crippen molar-refractivity contribution in [2.75, 3.05) is 0 Å². The molecule has 0 unspecified atom stereocenters. The summed E-state index contributed by atoms with van der Waals surface area (Å²) in [5.74, 6) is -0.732. The van der Waals surface area contributed by atoms with Crippen LogP contribution in [0.1, 0.15) is 11.1 Å². The van der Waals surface area contributed by atoms with Gasteiger partial charge in [-0.2, -0.15) is 13.2 Å². The highest BCUT2D eigenvalue weighted by atomic mass is 35.7. The normalized spacial score (nSPS) is 12.3. The van der Waals surface area contributed by atoms with Gasteiger partial charge in [0, 0.05) is 16.9 Å². The highest BCUT2D eigenvalue weighted by Crippen LogP contribution is 2.41. The van der Waals surface area contributed by atoms with E-state index < -0.39 is 31.7 Å². The van der Waals surface area contributed by atoms with Crippen molar-refractivity contribution in [2.24, 2.45) is 0 Å². The number of aromatic nitrogens is 1. The number of benzene rings is 1. The van der Waals surface area contributed by atoms with E-state index in [1.165, 1.54) is 19.1 Å². The number of halogens is 5. The van der Waals surface area contributed by atoms with Gasteiger partial charge in [-0.15, -0.1) is 0 Å². The van der Waals surface area contributed by atoms with Crippen molar-refractivity contribution >= 4 is 31.3 Å². The molecule has 0 N–H and O–H groups in total. The molecule has 4 nitrogen and oxygen atoms in total. The fraction of sp³-hybridized carbons (Fsp3) is 0.154. The Balaban J connectivity index is 2.47. The number of aryl methyl sites for hydroxylation is 1. The van der Waals surface area contributed by atoms with Crippen molar-refractivity contribution in [3.8, 4) is 11.6 Å². The number of rotatable bonds is 3.